The van der Waals surface area contributed by atoms with E-state index in [-0.39, 0.29) is 73.8 Å². The maximum Gasteiger partial charge on any atom is 1.00 e. The molecule has 5 aromatic rings. The largest absolute Gasteiger partial charge is 1.00 e. The van der Waals surface area contributed by atoms with Crippen molar-refractivity contribution in [3.05, 3.63) is 116 Å². The van der Waals surface area contributed by atoms with Gasteiger partial charge in [-0.1, -0.05) is 61.9 Å². The minimum Gasteiger partial charge on any atom is -0.487 e. The summed E-state index contributed by atoms with van der Waals surface area (Å²) < 4.78 is 12.4. The Labute approximate surface area is 292 Å². The maximum absolute atomic E-state index is 14.1. The third-order valence-corrected chi connectivity index (χ3v) is 7.44. The summed E-state index contributed by atoms with van der Waals surface area (Å²) in [5, 5.41) is 3.80. The standard InChI is InChI=1S/C33H32N4O4.K.H2O/c1-5-8-28-27(31(38)37(20(2)34-28)24-15-16-29-23(18-24)19-33(3,4)40-29)17-21-11-13-22(14-12-21)25-9-6-7-10-26(25)30-35-32(39)41-36-30;;/h6-7,9-16,18H,5,8,17,19H2,1-4H3,(H,35,36,39);;1H2/q;+1;/p-1. The number of rotatable bonds is 7. The molecule has 2 aromatic heterocycles. The Morgan fingerprint density at radius 3 is 2.40 bits per heavy atom. The van der Waals surface area contributed by atoms with E-state index in [0.29, 0.717) is 23.4 Å². The van der Waals surface area contributed by atoms with Crippen LogP contribution in [0.15, 0.2) is 80.8 Å². The van der Waals surface area contributed by atoms with Gasteiger partial charge in [-0.05, 0) is 73.5 Å². The number of nitrogens with zero attached hydrogens (tertiary/aromatic N) is 4. The molecule has 3 heterocycles. The van der Waals surface area contributed by atoms with E-state index in [2.05, 4.69) is 41.5 Å². The molecular weight excluding hydrogens is 571 g/mol. The monoisotopic (exact) mass is 604 g/mol. The first-order valence-electron chi connectivity index (χ1n) is 13.9. The fourth-order valence-corrected chi connectivity index (χ4v) is 5.63. The van der Waals surface area contributed by atoms with E-state index < -0.39 is 5.76 Å². The number of ether oxygens (including phenoxy) is 1. The molecule has 0 saturated carbocycles. The molecule has 2 N–H and O–H groups in total. The fraction of sp³-hybridized carbons (Fsp3) is 0.273. The van der Waals surface area contributed by atoms with Crippen molar-refractivity contribution in [1.82, 2.24) is 19.7 Å². The van der Waals surface area contributed by atoms with Crippen LogP contribution in [0, 0.1) is 6.92 Å². The molecule has 43 heavy (non-hydrogen) atoms. The fourth-order valence-electron chi connectivity index (χ4n) is 5.63. The Morgan fingerprint density at radius 1 is 1.00 bits per heavy atom. The molecule has 6 rings (SSSR count). The first kappa shape index (κ1) is 32.8. The smallest absolute Gasteiger partial charge is 0.487 e. The second kappa shape index (κ2) is 13.3. The third-order valence-electron chi connectivity index (χ3n) is 7.44. The molecule has 0 radical (unpaired) electrons. The van der Waals surface area contributed by atoms with Gasteiger partial charge in [-0.15, -0.1) is 0 Å². The Balaban J connectivity index is 0.00000212. The Morgan fingerprint density at radius 2 is 1.72 bits per heavy atom. The molecule has 9 nitrogen and oxygen atoms in total. The summed E-state index contributed by atoms with van der Waals surface area (Å²) in [7, 11) is 0. The SMILES string of the molecule is CCCc1nc(C)n(-c2ccc3c(c2)CC(C)(C)O3)c(=O)c1Cc1ccc(-c2ccccc2-c2noc(=O)[n-]2)cc1.O.[K+]. The summed E-state index contributed by atoms with van der Waals surface area (Å²) in [6.45, 7) is 8.13. The summed E-state index contributed by atoms with van der Waals surface area (Å²) >= 11 is 0. The van der Waals surface area contributed by atoms with Crippen LogP contribution in [-0.2, 0) is 19.3 Å². The van der Waals surface area contributed by atoms with Crippen molar-refractivity contribution in [1.29, 1.82) is 0 Å². The van der Waals surface area contributed by atoms with E-state index in [0.717, 1.165) is 58.6 Å². The van der Waals surface area contributed by atoms with Crippen molar-refractivity contribution >= 4 is 0 Å². The van der Waals surface area contributed by atoms with Gasteiger partial charge in [0.15, 0.2) is 0 Å². The zero-order valence-electron chi connectivity index (χ0n) is 25.1. The summed E-state index contributed by atoms with van der Waals surface area (Å²) in [4.78, 5) is 34.3. The molecule has 0 atom stereocenters. The predicted octanol–water partition coefficient (Wildman–Crippen LogP) is 1.62. The summed E-state index contributed by atoms with van der Waals surface area (Å²) in [6.07, 6.45) is 2.88. The van der Waals surface area contributed by atoms with E-state index in [1.165, 1.54) is 0 Å². The van der Waals surface area contributed by atoms with E-state index in [9.17, 15) is 9.59 Å². The minimum absolute atomic E-state index is 0. The van der Waals surface area contributed by atoms with E-state index >= 15 is 0 Å². The van der Waals surface area contributed by atoms with Gasteiger partial charge in [0.25, 0.3) is 5.56 Å². The summed E-state index contributed by atoms with van der Waals surface area (Å²) in [5.41, 5.74) is 6.70. The summed E-state index contributed by atoms with van der Waals surface area (Å²) in [5.74, 6) is 1.08. The van der Waals surface area contributed by atoms with Gasteiger partial charge >= 0.3 is 57.1 Å². The van der Waals surface area contributed by atoms with Gasteiger partial charge < -0.3 is 19.7 Å². The normalized spacial score (nSPS) is 13.0. The molecule has 10 heteroatoms. The molecular formula is C33H33KN4O5. The third kappa shape index (κ3) is 6.69. The van der Waals surface area contributed by atoms with Crippen molar-refractivity contribution in [3.63, 3.8) is 0 Å². The molecule has 0 amide bonds. The van der Waals surface area contributed by atoms with Crippen molar-refractivity contribution in [3.8, 4) is 34.0 Å². The zero-order chi connectivity index (χ0) is 28.7. The number of fused-ring (bicyclic) bond motifs is 1. The molecule has 0 aliphatic carbocycles. The van der Waals surface area contributed by atoms with Crippen LogP contribution in [0.25, 0.3) is 28.2 Å². The van der Waals surface area contributed by atoms with Crippen LogP contribution >= 0.6 is 0 Å². The average molecular weight is 605 g/mol. The predicted molar refractivity (Wildman–Crippen MR) is 160 cm³/mol. The van der Waals surface area contributed by atoms with Crippen LogP contribution in [0.2, 0.25) is 0 Å². The van der Waals surface area contributed by atoms with Gasteiger partial charge in [0.2, 0.25) is 0 Å². The maximum atomic E-state index is 14.1. The van der Waals surface area contributed by atoms with Crippen LogP contribution in [0.4, 0.5) is 0 Å². The molecule has 1 aliphatic heterocycles. The van der Waals surface area contributed by atoms with Crippen LogP contribution in [0.5, 0.6) is 5.75 Å². The quantitative estimate of drug-likeness (QED) is 0.258. The Hall–Kier alpha value is -3.12. The molecule has 0 fully saturated rings. The van der Waals surface area contributed by atoms with Crippen LogP contribution in [0.1, 0.15) is 55.4 Å². The van der Waals surface area contributed by atoms with Crippen LogP contribution in [-0.4, -0.2) is 25.8 Å². The number of hydrogen-bond acceptors (Lipinski definition) is 6. The van der Waals surface area contributed by atoms with Gasteiger partial charge in [0.1, 0.15) is 17.2 Å². The van der Waals surface area contributed by atoms with Crippen molar-refractivity contribution in [2.45, 2.75) is 59.0 Å². The molecule has 0 saturated heterocycles. The number of aryl methyl sites for hydroxylation is 2. The second-order valence-electron chi connectivity index (χ2n) is 11.1. The summed E-state index contributed by atoms with van der Waals surface area (Å²) in [6, 6.07) is 21.6. The zero-order valence-corrected chi connectivity index (χ0v) is 28.2. The molecule has 0 spiro atoms. The molecule has 0 unspecified atom stereocenters. The molecule has 0 bridgehead atoms. The number of benzene rings is 3. The molecule has 3 aromatic carbocycles. The van der Waals surface area contributed by atoms with E-state index in [1.807, 2.05) is 67.6 Å². The van der Waals surface area contributed by atoms with Crippen molar-refractivity contribution < 1.29 is 66.1 Å². The van der Waals surface area contributed by atoms with Gasteiger partial charge in [0, 0.05) is 24.0 Å². The molecule has 1 aliphatic rings. The van der Waals surface area contributed by atoms with E-state index in [1.54, 1.807) is 4.57 Å². The number of hydrogen-bond donors (Lipinski definition) is 0. The van der Waals surface area contributed by atoms with Crippen molar-refractivity contribution in [2.24, 2.45) is 0 Å². The first-order valence-corrected chi connectivity index (χ1v) is 13.9. The Bertz CT molecular complexity index is 1870. The first-order chi connectivity index (χ1) is 19.7. The number of aromatic nitrogens is 4. The minimum atomic E-state index is -0.720. The van der Waals surface area contributed by atoms with Gasteiger partial charge in [0.05, 0.1) is 11.4 Å². The second-order valence-corrected chi connectivity index (χ2v) is 11.1. The van der Waals surface area contributed by atoms with Gasteiger partial charge in [-0.3, -0.25) is 14.5 Å². The molecule has 216 valence electrons. The van der Waals surface area contributed by atoms with Crippen LogP contribution in [0.3, 0.4) is 0 Å². The van der Waals surface area contributed by atoms with Gasteiger partial charge in [-0.2, -0.15) is 0 Å². The Kier molecular flexibility index (Phi) is 10.1. The van der Waals surface area contributed by atoms with Crippen LogP contribution < -0.4 is 72.4 Å². The van der Waals surface area contributed by atoms with Gasteiger partial charge in [-0.25, -0.2) is 9.78 Å². The topological polar surface area (TPSA) is 133 Å². The average Bonchev–Trinajstić information content (AvgIpc) is 3.52. The van der Waals surface area contributed by atoms with E-state index in [4.69, 9.17) is 9.72 Å². The van der Waals surface area contributed by atoms with Crippen molar-refractivity contribution in [2.75, 3.05) is 0 Å².